The van der Waals surface area contributed by atoms with Gasteiger partial charge in [0.2, 0.25) is 5.91 Å². The number of carbonyl (C=O) groups is 1. The number of carbonyl (C=O) groups excluding carboxylic acids is 1. The summed E-state index contributed by atoms with van der Waals surface area (Å²) >= 11 is 1.62. The molecule has 1 aromatic heterocycles. The summed E-state index contributed by atoms with van der Waals surface area (Å²) in [7, 11) is 0. The first-order valence-electron chi connectivity index (χ1n) is 5.84. The number of rotatable bonds is 3. The lowest BCUT2D eigenvalue weighted by atomic mass is 10.1. The number of amides is 1. The maximum atomic E-state index is 11.3. The molecule has 0 fully saturated rings. The van der Waals surface area contributed by atoms with E-state index in [-0.39, 0.29) is 5.91 Å². The predicted molar refractivity (Wildman–Crippen MR) is 72.6 cm³/mol. The van der Waals surface area contributed by atoms with Gasteiger partial charge in [-0.1, -0.05) is 0 Å². The van der Waals surface area contributed by atoms with Gasteiger partial charge in [-0.05, 0) is 30.3 Å². The zero-order chi connectivity index (χ0) is 12.5. The molecule has 1 aliphatic heterocycles. The molecule has 0 bridgehead atoms. The first-order valence-corrected chi connectivity index (χ1v) is 6.72. The van der Waals surface area contributed by atoms with Crippen LogP contribution in [0.2, 0.25) is 0 Å². The lowest BCUT2D eigenvalue weighted by Gasteiger charge is -2.01. The van der Waals surface area contributed by atoms with Crippen molar-refractivity contribution in [3.8, 4) is 10.6 Å². The molecule has 1 aromatic carbocycles. The molecule has 5 heteroatoms. The SMILES string of the molecule is NCCc1csc(-c2ccc3c(c2)CC(=O)N3)n1. The molecule has 1 aliphatic rings. The molecule has 2 aromatic rings. The number of anilines is 1. The van der Waals surface area contributed by atoms with Gasteiger partial charge in [-0.3, -0.25) is 4.79 Å². The third-order valence-corrected chi connectivity index (χ3v) is 3.87. The molecule has 92 valence electrons. The number of aromatic nitrogens is 1. The third-order valence-electron chi connectivity index (χ3n) is 2.93. The molecule has 18 heavy (non-hydrogen) atoms. The predicted octanol–water partition coefficient (Wildman–Crippen LogP) is 1.81. The Labute approximate surface area is 109 Å². The van der Waals surface area contributed by atoms with E-state index >= 15 is 0 Å². The summed E-state index contributed by atoms with van der Waals surface area (Å²) in [5.74, 6) is 0.0603. The average molecular weight is 259 g/mol. The van der Waals surface area contributed by atoms with Crippen LogP contribution in [-0.2, 0) is 17.6 Å². The third kappa shape index (κ3) is 2.02. The van der Waals surface area contributed by atoms with Gasteiger partial charge in [-0.2, -0.15) is 0 Å². The summed E-state index contributed by atoms with van der Waals surface area (Å²) in [6, 6.07) is 5.98. The van der Waals surface area contributed by atoms with E-state index in [2.05, 4.69) is 10.3 Å². The van der Waals surface area contributed by atoms with Gasteiger partial charge in [0.1, 0.15) is 5.01 Å². The fraction of sp³-hybridized carbons (Fsp3) is 0.231. The summed E-state index contributed by atoms with van der Waals surface area (Å²) in [6.07, 6.45) is 1.27. The van der Waals surface area contributed by atoms with E-state index in [1.54, 1.807) is 11.3 Å². The Balaban J connectivity index is 1.92. The van der Waals surface area contributed by atoms with Gasteiger partial charge in [-0.25, -0.2) is 4.98 Å². The second-order valence-electron chi connectivity index (χ2n) is 4.28. The highest BCUT2D eigenvalue weighted by Gasteiger charge is 2.18. The molecular formula is C13H13N3OS. The van der Waals surface area contributed by atoms with Crippen LogP contribution in [0, 0.1) is 0 Å². The second kappa shape index (κ2) is 4.51. The van der Waals surface area contributed by atoms with Crippen LogP contribution in [0.3, 0.4) is 0 Å². The fourth-order valence-corrected chi connectivity index (χ4v) is 2.92. The lowest BCUT2D eigenvalue weighted by Crippen LogP contribution is -2.03. The second-order valence-corrected chi connectivity index (χ2v) is 5.14. The molecule has 1 amide bonds. The van der Waals surface area contributed by atoms with Gasteiger partial charge in [0.25, 0.3) is 0 Å². The number of fused-ring (bicyclic) bond motifs is 1. The first kappa shape index (κ1) is 11.4. The van der Waals surface area contributed by atoms with Crippen molar-refractivity contribution in [3.05, 3.63) is 34.8 Å². The molecule has 0 unspecified atom stereocenters. The van der Waals surface area contributed by atoms with Crippen LogP contribution in [0.4, 0.5) is 5.69 Å². The van der Waals surface area contributed by atoms with Crippen molar-refractivity contribution in [3.63, 3.8) is 0 Å². The number of nitrogens with zero attached hydrogens (tertiary/aromatic N) is 1. The van der Waals surface area contributed by atoms with Gasteiger partial charge in [0.05, 0.1) is 12.1 Å². The van der Waals surface area contributed by atoms with Gasteiger partial charge >= 0.3 is 0 Å². The Morgan fingerprint density at radius 1 is 1.44 bits per heavy atom. The molecule has 2 heterocycles. The molecular weight excluding hydrogens is 246 g/mol. The van der Waals surface area contributed by atoms with Crippen molar-refractivity contribution < 1.29 is 4.79 Å². The molecule has 0 spiro atoms. The van der Waals surface area contributed by atoms with Crippen LogP contribution in [0.1, 0.15) is 11.3 Å². The highest BCUT2D eigenvalue weighted by atomic mass is 32.1. The number of hydrogen-bond acceptors (Lipinski definition) is 4. The zero-order valence-electron chi connectivity index (χ0n) is 9.77. The van der Waals surface area contributed by atoms with E-state index in [9.17, 15) is 4.79 Å². The molecule has 0 saturated heterocycles. The maximum Gasteiger partial charge on any atom is 0.228 e. The summed E-state index contributed by atoms with van der Waals surface area (Å²) in [5, 5.41) is 5.86. The minimum Gasteiger partial charge on any atom is -0.330 e. The van der Waals surface area contributed by atoms with Crippen LogP contribution in [-0.4, -0.2) is 17.4 Å². The number of nitrogens with two attached hydrogens (primary N) is 1. The molecule has 0 aliphatic carbocycles. The normalized spacial score (nSPS) is 13.5. The molecule has 4 nitrogen and oxygen atoms in total. The zero-order valence-corrected chi connectivity index (χ0v) is 10.6. The van der Waals surface area contributed by atoms with Crippen molar-refractivity contribution in [2.75, 3.05) is 11.9 Å². The highest BCUT2D eigenvalue weighted by molar-refractivity contribution is 7.13. The Morgan fingerprint density at radius 2 is 2.33 bits per heavy atom. The van der Waals surface area contributed by atoms with E-state index in [1.807, 2.05) is 23.6 Å². The highest BCUT2D eigenvalue weighted by Crippen LogP contribution is 2.30. The topological polar surface area (TPSA) is 68.0 Å². The molecule has 0 saturated carbocycles. The number of nitrogens with one attached hydrogen (secondary N) is 1. The largest absolute Gasteiger partial charge is 0.330 e. The molecule has 3 N–H and O–H groups in total. The van der Waals surface area contributed by atoms with Crippen LogP contribution in [0.25, 0.3) is 10.6 Å². The first-order chi connectivity index (χ1) is 8.76. The lowest BCUT2D eigenvalue weighted by molar-refractivity contribution is -0.115. The Hall–Kier alpha value is -1.72. The van der Waals surface area contributed by atoms with Crippen molar-refractivity contribution in [2.24, 2.45) is 5.73 Å². The smallest absolute Gasteiger partial charge is 0.228 e. The molecule has 3 rings (SSSR count). The minimum atomic E-state index is 0.0603. The minimum absolute atomic E-state index is 0.0603. The Kier molecular flexibility index (Phi) is 2.85. The van der Waals surface area contributed by atoms with E-state index < -0.39 is 0 Å². The summed E-state index contributed by atoms with van der Waals surface area (Å²) in [5.41, 5.74) is 9.59. The Morgan fingerprint density at radius 3 is 3.17 bits per heavy atom. The van der Waals surface area contributed by atoms with Crippen molar-refractivity contribution in [1.82, 2.24) is 4.98 Å². The van der Waals surface area contributed by atoms with Crippen molar-refractivity contribution in [2.45, 2.75) is 12.8 Å². The van der Waals surface area contributed by atoms with Crippen LogP contribution >= 0.6 is 11.3 Å². The van der Waals surface area contributed by atoms with Gasteiger partial charge in [-0.15, -0.1) is 11.3 Å². The molecule has 0 atom stereocenters. The number of hydrogen-bond donors (Lipinski definition) is 2. The van der Waals surface area contributed by atoms with Crippen LogP contribution < -0.4 is 11.1 Å². The van der Waals surface area contributed by atoms with Crippen molar-refractivity contribution in [1.29, 1.82) is 0 Å². The summed E-state index contributed by atoms with van der Waals surface area (Å²) < 4.78 is 0. The monoisotopic (exact) mass is 259 g/mol. The summed E-state index contributed by atoms with van der Waals surface area (Å²) in [4.78, 5) is 15.8. The van der Waals surface area contributed by atoms with Gasteiger partial charge in [0.15, 0.2) is 0 Å². The van der Waals surface area contributed by atoms with E-state index in [0.29, 0.717) is 13.0 Å². The van der Waals surface area contributed by atoms with E-state index in [1.165, 1.54) is 0 Å². The Bertz CT molecular complexity index is 606. The molecule has 0 radical (unpaired) electrons. The van der Waals surface area contributed by atoms with E-state index in [4.69, 9.17) is 5.73 Å². The van der Waals surface area contributed by atoms with Gasteiger partial charge in [0, 0.05) is 23.1 Å². The van der Waals surface area contributed by atoms with Crippen molar-refractivity contribution >= 4 is 22.9 Å². The van der Waals surface area contributed by atoms with E-state index in [0.717, 1.165) is 33.9 Å². The van der Waals surface area contributed by atoms with Gasteiger partial charge < -0.3 is 11.1 Å². The quantitative estimate of drug-likeness (QED) is 0.883. The fourth-order valence-electron chi connectivity index (χ4n) is 2.06. The summed E-state index contributed by atoms with van der Waals surface area (Å²) in [6.45, 7) is 0.617. The number of benzene rings is 1. The van der Waals surface area contributed by atoms with Crippen LogP contribution in [0.15, 0.2) is 23.6 Å². The van der Waals surface area contributed by atoms with Crippen LogP contribution in [0.5, 0.6) is 0 Å². The maximum absolute atomic E-state index is 11.3. The standard InChI is InChI=1S/C13H13N3OS/c14-4-3-10-7-18-13(15-10)8-1-2-11-9(5-8)6-12(17)16-11/h1-2,5,7H,3-4,6,14H2,(H,16,17). The average Bonchev–Trinajstić information content (AvgIpc) is 2.93. The number of thiazole rings is 1.